The maximum Gasteiger partial charge on any atom is 0.241 e. The van der Waals surface area contributed by atoms with Crippen LogP contribution in [0.5, 0.6) is 0 Å². The molecule has 0 bridgehead atoms. The molecule has 2 aliphatic rings. The SMILES string of the molecule is CCCCC1NC(CC(C)C)N(CC2(C)CCC2)C1=O. The van der Waals surface area contributed by atoms with Crippen LogP contribution in [-0.4, -0.2) is 29.6 Å². The van der Waals surface area contributed by atoms with E-state index in [-0.39, 0.29) is 12.2 Å². The summed E-state index contributed by atoms with van der Waals surface area (Å²) in [6, 6.07) is 0.0716. The van der Waals surface area contributed by atoms with E-state index in [0.717, 1.165) is 32.2 Å². The van der Waals surface area contributed by atoms with E-state index in [1.807, 2.05) is 0 Å². The molecule has 116 valence electrons. The number of amides is 1. The van der Waals surface area contributed by atoms with Crippen molar-refractivity contribution in [2.75, 3.05) is 6.54 Å². The van der Waals surface area contributed by atoms with Crippen molar-refractivity contribution in [3.8, 4) is 0 Å². The van der Waals surface area contributed by atoms with E-state index in [1.165, 1.54) is 19.3 Å². The molecule has 0 radical (unpaired) electrons. The Morgan fingerprint density at radius 3 is 2.60 bits per heavy atom. The second-order valence-corrected chi connectivity index (χ2v) is 7.64. The molecule has 1 amide bonds. The lowest BCUT2D eigenvalue weighted by Crippen LogP contribution is -2.46. The highest BCUT2D eigenvalue weighted by molar-refractivity contribution is 5.84. The molecule has 1 heterocycles. The smallest absolute Gasteiger partial charge is 0.241 e. The molecule has 0 aromatic carbocycles. The molecule has 20 heavy (non-hydrogen) atoms. The van der Waals surface area contributed by atoms with Crippen LogP contribution in [0.25, 0.3) is 0 Å². The molecule has 0 spiro atoms. The molecule has 2 fully saturated rings. The first-order chi connectivity index (χ1) is 9.45. The van der Waals surface area contributed by atoms with Gasteiger partial charge >= 0.3 is 0 Å². The molecule has 3 nitrogen and oxygen atoms in total. The molecule has 2 unspecified atom stereocenters. The third-order valence-corrected chi connectivity index (χ3v) is 5.00. The summed E-state index contributed by atoms with van der Waals surface area (Å²) in [5.74, 6) is 0.985. The van der Waals surface area contributed by atoms with Crippen molar-refractivity contribution in [1.29, 1.82) is 0 Å². The minimum Gasteiger partial charge on any atom is -0.325 e. The summed E-state index contributed by atoms with van der Waals surface area (Å²) in [4.78, 5) is 14.9. The molecule has 0 aromatic rings. The topological polar surface area (TPSA) is 32.3 Å². The minimum atomic E-state index is 0.0716. The maximum atomic E-state index is 12.7. The van der Waals surface area contributed by atoms with Crippen LogP contribution in [0.1, 0.15) is 72.6 Å². The van der Waals surface area contributed by atoms with Crippen molar-refractivity contribution in [2.45, 2.75) is 84.8 Å². The Labute approximate surface area is 124 Å². The van der Waals surface area contributed by atoms with E-state index >= 15 is 0 Å². The molecule has 3 heteroatoms. The van der Waals surface area contributed by atoms with Gasteiger partial charge in [0.15, 0.2) is 0 Å². The van der Waals surface area contributed by atoms with E-state index in [9.17, 15) is 4.79 Å². The first-order valence-corrected chi connectivity index (χ1v) is 8.52. The van der Waals surface area contributed by atoms with E-state index < -0.39 is 0 Å². The summed E-state index contributed by atoms with van der Waals surface area (Å²) in [5, 5.41) is 3.60. The number of rotatable bonds is 7. The van der Waals surface area contributed by atoms with E-state index in [0.29, 0.717) is 17.2 Å². The number of nitrogens with one attached hydrogen (secondary N) is 1. The van der Waals surface area contributed by atoms with Crippen LogP contribution < -0.4 is 5.32 Å². The lowest BCUT2D eigenvalue weighted by molar-refractivity contribution is -0.132. The van der Waals surface area contributed by atoms with E-state index in [1.54, 1.807) is 0 Å². The van der Waals surface area contributed by atoms with Gasteiger partial charge in [0.05, 0.1) is 12.2 Å². The van der Waals surface area contributed by atoms with E-state index in [4.69, 9.17) is 0 Å². The van der Waals surface area contributed by atoms with Crippen molar-refractivity contribution in [3.63, 3.8) is 0 Å². The van der Waals surface area contributed by atoms with E-state index in [2.05, 4.69) is 37.9 Å². The van der Waals surface area contributed by atoms with Gasteiger partial charge in [0.2, 0.25) is 5.91 Å². The summed E-state index contributed by atoms with van der Waals surface area (Å²) < 4.78 is 0. The van der Waals surface area contributed by atoms with Gasteiger partial charge in [-0.2, -0.15) is 0 Å². The number of nitrogens with zero attached hydrogens (tertiary/aromatic N) is 1. The fourth-order valence-corrected chi connectivity index (χ4v) is 3.54. The van der Waals surface area contributed by atoms with Crippen LogP contribution in [0, 0.1) is 11.3 Å². The van der Waals surface area contributed by atoms with Crippen LogP contribution in [-0.2, 0) is 4.79 Å². The Balaban J connectivity index is 2.01. The highest BCUT2D eigenvalue weighted by Gasteiger charge is 2.43. The first-order valence-electron chi connectivity index (χ1n) is 8.52. The Morgan fingerprint density at radius 1 is 1.40 bits per heavy atom. The number of hydrogen-bond acceptors (Lipinski definition) is 2. The van der Waals surface area contributed by atoms with Gasteiger partial charge in [-0.1, -0.05) is 47.0 Å². The van der Waals surface area contributed by atoms with Crippen LogP contribution in [0.15, 0.2) is 0 Å². The second kappa shape index (κ2) is 6.46. The third kappa shape index (κ3) is 3.55. The maximum absolute atomic E-state index is 12.7. The summed E-state index contributed by atoms with van der Waals surface area (Å²) in [7, 11) is 0. The molecule has 1 aliphatic heterocycles. The quantitative estimate of drug-likeness (QED) is 0.773. The standard InChI is InChI=1S/C17H32N2O/c1-5-6-8-14-16(20)19(12-17(4)9-7-10-17)15(18-14)11-13(2)3/h13-15,18H,5-12H2,1-4H3. The van der Waals surface area contributed by atoms with Crippen molar-refractivity contribution in [2.24, 2.45) is 11.3 Å². The van der Waals surface area contributed by atoms with Crippen molar-refractivity contribution in [1.82, 2.24) is 10.2 Å². The molecule has 2 atom stereocenters. The van der Waals surface area contributed by atoms with Gasteiger partial charge in [-0.05, 0) is 37.0 Å². The van der Waals surface area contributed by atoms with Crippen LogP contribution in [0.2, 0.25) is 0 Å². The lowest BCUT2D eigenvalue weighted by atomic mass is 9.70. The highest BCUT2D eigenvalue weighted by atomic mass is 16.2. The van der Waals surface area contributed by atoms with Gasteiger partial charge in [0, 0.05) is 6.54 Å². The van der Waals surface area contributed by atoms with Gasteiger partial charge in [-0.15, -0.1) is 0 Å². The number of carbonyl (C=O) groups excluding carboxylic acids is 1. The molecule has 1 saturated heterocycles. The second-order valence-electron chi connectivity index (χ2n) is 7.64. The normalized spacial score (nSPS) is 29.1. The summed E-state index contributed by atoms with van der Waals surface area (Å²) in [5.41, 5.74) is 0.381. The lowest BCUT2D eigenvalue weighted by Gasteiger charge is -2.42. The van der Waals surface area contributed by atoms with Gasteiger partial charge in [-0.3, -0.25) is 10.1 Å². The number of hydrogen-bond donors (Lipinski definition) is 1. The zero-order valence-electron chi connectivity index (χ0n) is 13.7. The monoisotopic (exact) mass is 280 g/mol. The molecule has 1 N–H and O–H groups in total. The Bertz CT molecular complexity index is 336. The summed E-state index contributed by atoms with van der Waals surface area (Å²) >= 11 is 0. The van der Waals surface area contributed by atoms with Gasteiger partial charge < -0.3 is 4.90 Å². The highest BCUT2D eigenvalue weighted by Crippen LogP contribution is 2.42. The van der Waals surface area contributed by atoms with Crippen LogP contribution in [0.3, 0.4) is 0 Å². The average Bonchev–Trinajstić information content (AvgIpc) is 2.62. The summed E-state index contributed by atoms with van der Waals surface area (Å²) in [6.45, 7) is 9.98. The van der Waals surface area contributed by atoms with Gasteiger partial charge in [0.1, 0.15) is 0 Å². The number of unbranched alkanes of at least 4 members (excludes halogenated alkanes) is 1. The van der Waals surface area contributed by atoms with Crippen LogP contribution >= 0.6 is 0 Å². The first kappa shape index (κ1) is 15.8. The third-order valence-electron chi connectivity index (χ3n) is 5.00. The molecular formula is C17H32N2O. The van der Waals surface area contributed by atoms with Crippen molar-refractivity contribution >= 4 is 5.91 Å². The fourth-order valence-electron chi connectivity index (χ4n) is 3.54. The Kier molecular flexibility index (Phi) is 5.11. The zero-order chi connectivity index (χ0) is 14.8. The molecule has 1 saturated carbocycles. The van der Waals surface area contributed by atoms with Crippen molar-refractivity contribution in [3.05, 3.63) is 0 Å². The average molecular weight is 280 g/mol. The van der Waals surface area contributed by atoms with Gasteiger partial charge in [0.25, 0.3) is 0 Å². The van der Waals surface area contributed by atoms with Crippen molar-refractivity contribution < 1.29 is 4.79 Å². The molecule has 0 aromatic heterocycles. The predicted molar refractivity (Wildman–Crippen MR) is 83.4 cm³/mol. The Morgan fingerprint density at radius 2 is 2.10 bits per heavy atom. The summed E-state index contributed by atoms with van der Waals surface area (Å²) in [6.07, 6.45) is 8.54. The predicted octanol–water partition coefficient (Wildman–Crippen LogP) is 3.54. The molecule has 2 rings (SSSR count). The largest absolute Gasteiger partial charge is 0.325 e. The zero-order valence-corrected chi connectivity index (χ0v) is 13.7. The minimum absolute atomic E-state index is 0.0716. The number of carbonyl (C=O) groups is 1. The Hall–Kier alpha value is -0.570. The van der Waals surface area contributed by atoms with Gasteiger partial charge in [-0.25, -0.2) is 0 Å². The molecular weight excluding hydrogens is 248 g/mol. The van der Waals surface area contributed by atoms with Crippen LogP contribution in [0.4, 0.5) is 0 Å². The fraction of sp³-hybridized carbons (Fsp3) is 0.941. The molecule has 1 aliphatic carbocycles.